The number of benzene rings is 2. The number of anilines is 2. The van der Waals surface area contributed by atoms with Gasteiger partial charge in [-0.2, -0.15) is 0 Å². The zero-order valence-electron chi connectivity index (χ0n) is 15.7. The highest BCUT2D eigenvalue weighted by molar-refractivity contribution is 9.10. The van der Waals surface area contributed by atoms with E-state index in [4.69, 9.17) is 11.6 Å². The topological polar surface area (TPSA) is 83.6 Å². The molecule has 154 valence electrons. The quantitative estimate of drug-likeness (QED) is 0.645. The number of carbonyl (C=O) groups excluding carboxylic acids is 2. The largest absolute Gasteiger partial charge is 0.326 e. The van der Waals surface area contributed by atoms with E-state index >= 15 is 0 Å². The van der Waals surface area contributed by atoms with Crippen LogP contribution in [0.4, 0.5) is 11.4 Å². The first-order chi connectivity index (χ1) is 13.7. The lowest BCUT2D eigenvalue weighted by molar-refractivity contribution is -0.118. The number of fused-ring (bicyclic) bond motifs is 1. The first kappa shape index (κ1) is 21.8. The van der Waals surface area contributed by atoms with Gasteiger partial charge in [-0.1, -0.05) is 18.5 Å². The molecule has 1 heterocycles. The highest BCUT2D eigenvalue weighted by atomic mass is 79.9. The molecule has 2 amide bonds. The number of rotatable bonds is 6. The fraction of sp³-hybridized carbons (Fsp3) is 0.300. The standard InChI is InChI=1S/C20H20BrClN2O4S/c1-2-20(26)24-9-7-13-11-16(21)18(12-17(13)24)29(27,28)10-8-19(25)23-15-5-3-14(22)4-6-15/h3-6,11-12H,2,7-10H2,1H3,(H,23,25). The Morgan fingerprint density at radius 1 is 1.21 bits per heavy atom. The molecule has 0 fully saturated rings. The Labute approximate surface area is 183 Å². The predicted octanol–water partition coefficient (Wildman–Crippen LogP) is 4.20. The van der Waals surface area contributed by atoms with E-state index in [1.54, 1.807) is 42.2 Å². The molecule has 9 heteroatoms. The number of halogens is 2. The second kappa shape index (κ2) is 8.85. The van der Waals surface area contributed by atoms with Gasteiger partial charge in [0, 0.05) is 40.3 Å². The van der Waals surface area contributed by atoms with Crippen LogP contribution in [0.15, 0.2) is 45.8 Å². The van der Waals surface area contributed by atoms with Crippen molar-refractivity contribution >= 4 is 60.6 Å². The zero-order chi connectivity index (χ0) is 21.2. The molecule has 3 rings (SSSR count). The van der Waals surface area contributed by atoms with Crippen molar-refractivity contribution in [3.8, 4) is 0 Å². The molecule has 0 bridgehead atoms. The number of sulfone groups is 1. The van der Waals surface area contributed by atoms with Gasteiger partial charge in [0.05, 0.1) is 10.6 Å². The summed E-state index contributed by atoms with van der Waals surface area (Å²) < 4.78 is 26.2. The molecular formula is C20H20BrClN2O4S. The van der Waals surface area contributed by atoms with Gasteiger partial charge in [0.15, 0.2) is 9.84 Å². The summed E-state index contributed by atoms with van der Waals surface area (Å²) in [6, 6.07) is 9.85. The summed E-state index contributed by atoms with van der Waals surface area (Å²) in [6.07, 6.45) is 0.845. The predicted molar refractivity (Wildman–Crippen MR) is 117 cm³/mol. The van der Waals surface area contributed by atoms with Gasteiger partial charge in [-0.05, 0) is 64.3 Å². The number of carbonyl (C=O) groups is 2. The van der Waals surface area contributed by atoms with Crippen LogP contribution >= 0.6 is 27.5 Å². The van der Waals surface area contributed by atoms with Gasteiger partial charge in [-0.25, -0.2) is 8.42 Å². The van der Waals surface area contributed by atoms with Crippen LogP contribution in [0.3, 0.4) is 0 Å². The lowest BCUT2D eigenvalue weighted by Gasteiger charge is -2.18. The molecular weight excluding hydrogens is 480 g/mol. The van der Waals surface area contributed by atoms with Gasteiger partial charge in [0.1, 0.15) is 0 Å². The summed E-state index contributed by atoms with van der Waals surface area (Å²) in [5.74, 6) is -0.793. The van der Waals surface area contributed by atoms with Crippen molar-refractivity contribution in [2.24, 2.45) is 0 Å². The Balaban J connectivity index is 1.75. The third-order valence-electron chi connectivity index (χ3n) is 4.69. The highest BCUT2D eigenvalue weighted by Crippen LogP contribution is 2.36. The minimum atomic E-state index is -3.73. The van der Waals surface area contributed by atoms with E-state index in [-0.39, 0.29) is 23.0 Å². The Morgan fingerprint density at radius 2 is 1.90 bits per heavy atom. The average Bonchev–Trinajstić information content (AvgIpc) is 3.09. The molecule has 0 radical (unpaired) electrons. The first-order valence-corrected chi connectivity index (χ1v) is 11.9. The molecule has 29 heavy (non-hydrogen) atoms. The molecule has 0 saturated heterocycles. The van der Waals surface area contributed by atoms with Crippen molar-refractivity contribution in [1.82, 2.24) is 0 Å². The van der Waals surface area contributed by atoms with Crippen molar-refractivity contribution in [2.45, 2.75) is 31.1 Å². The number of hydrogen-bond acceptors (Lipinski definition) is 4. The number of amides is 2. The van der Waals surface area contributed by atoms with E-state index in [0.29, 0.717) is 40.3 Å². The van der Waals surface area contributed by atoms with Gasteiger partial charge in [0.25, 0.3) is 0 Å². The van der Waals surface area contributed by atoms with Crippen molar-refractivity contribution in [2.75, 3.05) is 22.5 Å². The second-order valence-electron chi connectivity index (χ2n) is 6.68. The summed E-state index contributed by atoms with van der Waals surface area (Å²) in [4.78, 5) is 26.0. The Kier molecular flexibility index (Phi) is 6.65. The molecule has 1 aliphatic heterocycles. The molecule has 0 spiro atoms. The fourth-order valence-corrected chi connectivity index (χ4v) is 5.75. The number of nitrogens with one attached hydrogen (secondary N) is 1. The molecule has 2 aromatic carbocycles. The molecule has 0 atom stereocenters. The Morgan fingerprint density at radius 3 is 2.55 bits per heavy atom. The summed E-state index contributed by atoms with van der Waals surface area (Å²) in [5, 5.41) is 3.20. The van der Waals surface area contributed by atoms with Crippen molar-refractivity contribution in [3.05, 3.63) is 51.5 Å². The van der Waals surface area contributed by atoms with E-state index < -0.39 is 15.7 Å². The first-order valence-electron chi connectivity index (χ1n) is 9.12. The summed E-state index contributed by atoms with van der Waals surface area (Å²) in [6.45, 7) is 2.32. The molecule has 0 unspecified atom stereocenters. The SMILES string of the molecule is CCC(=O)N1CCc2cc(Br)c(S(=O)(=O)CCC(=O)Nc3ccc(Cl)cc3)cc21. The van der Waals surface area contributed by atoms with E-state index in [9.17, 15) is 18.0 Å². The van der Waals surface area contributed by atoms with E-state index in [1.165, 1.54) is 6.07 Å². The number of nitrogens with zero attached hydrogens (tertiary/aromatic N) is 1. The van der Waals surface area contributed by atoms with Gasteiger partial charge in [-0.3, -0.25) is 9.59 Å². The zero-order valence-corrected chi connectivity index (χ0v) is 18.9. The van der Waals surface area contributed by atoms with E-state index in [0.717, 1.165) is 5.56 Å². The monoisotopic (exact) mass is 498 g/mol. The van der Waals surface area contributed by atoms with Gasteiger partial charge < -0.3 is 10.2 Å². The molecule has 1 N–H and O–H groups in total. The van der Waals surface area contributed by atoms with Crippen LogP contribution in [-0.4, -0.2) is 32.5 Å². The molecule has 2 aromatic rings. The molecule has 6 nitrogen and oxygen atoms in total. The third kappa shape index (κ3) is 4.99. The average molecular weight is 500 g/mol. The maximum atomic E-state index is 12.9. The maximum Gasteiger partial charge on any atom is 0.226 e. The number of hydrogen-bond donors (Lipinski definition) is 1. The van der Waals surface area contributed by atoms with Crippen molar-refractivity contribution < 1.29 is 18.0 Å². The molecule has 0 saturated carbocycles. The van der Waals surface area contributed by atoms with Crippen LogP contribution in [0.25, 0.3) is 0 Å². The van der Waals surface area contributed by atoms with E-state index in [1.807, 2.05) is 0 Å². The molecule has 0 aliphatic carbocycles. The van der Waals surface area contributed by atoms with Crippen molar-refractivity contribution in [3.63, 3.8) is 0 Å². The lowest BCUT2D eigenvalue weighted by Crippen LogP contribution is -2.28. The lowest BCUT2D eigenvalue weighted by atomic mass is 10.2. The third-order valence-corrected chi connectivity index (χ3v) is 7.61. The minimum Gasteiger partial charge on any atom is -0.326 e. The van der Waals surface area contributed by atoms with Gasteiger partial charge >= 0.3 is 0 Å². The van der Waals surface area contributed by atoms with Crippen LogP contribution in [0.2, 0.25) is 5.02 Å². The van der Waals surface area contributed by atoms with Crippen LogP contribution < -0.4 is 10.2 Å². The van der Waals surface area contributed by atoms with Crippen LogP contribution in [0.1, 0.15) is 25.3 Å². The summed E-state index contributed by atoms with van der Waals surface area (Å²) >= 11 is 9.14. The Bertz CT molecular complexity index is 1050. The van der Waals surface area contributed by atoms with E-state index in [2.05, 4.69) is 21.2 Å². The van der Waals surface area contributed by atoms with Crippen LogP contribution in [-0.2, 0) is 25.8 Å². The second-order valence-corrected chi connectivity index (χ2v) is 10.1. The Hall–Kier alpha value is -1.90. The minimum absolute atomic E-state index is 0.0447. The maximum absolute atomic E-state index is 12.9. The smallest absolute Gasteiger partial charge is 0.226 e. The summed E-state index contributed by atoms with van der Waals surface area (Å²) in [7, 11) is -3.73. The highest BCUT2D eigenvalue weighted by Gasteiger charge is 2.28. The molecule has 0 aromatic heterocycles. The normalized spacial score (nSPS) is 13.3. The fourth-order valence-electron chi connectivity index (χ4n) is 3.17. The molecule has 1 aliphatic rings. The van der Waals surface area contributed by atoms with Crippen molar-refractivity contribution in [1.29, 1.82) is 0 Å². The van der Waals surface area contributed by atoms with Crippen LogP contribution in [0.5, 0.6) is 0 Å². The summed E-state index contributed by atoms with van der Waals surface area (Å²) in [5.41, 5.74) is 2.10. The van der Waals surface area contributed by atoms with Crippen LogP contribution in [0, 0.1) is 0 Å². The van der Waals surface area contributed by atoms with Gasteiger partial charge in [0.2, 0.25) is 11.8 Å². The van der Waals surface area contributed by atoms with Gasteiger partial charge in [-0.15, -0.1) is 0 Å².